The van der Waals surface area contributed by atoms with Crippen LogP contribution in [0.15, 0.2) is 23.0 Å². The Bertz CT molecular complexity index is 788. The van der Waals surface area contributed by atoms with E-state index in [9.17, 15) is 18.3 Å². The summed E-state index contributed by atoms with van der Waals surface area (Å²) in [5, 5.41) is 8.97. The van der Waals surface area contributed by atoms with Gasteiger partial charge in [0.1, 0.15) is 5.75 Å². The standard InChI is InChI=1S/C12H14N2O4S/c15-8-3-4-10-11(6-8)14(12(16)13-10)7-9-2-1-5-19(9,17)18/h3-4,6,9,15H,1-2,5,7H2,(H,13,16). The average molecular weight is 282 g/mol. The third-order valence-electron chi connectivity index (χ3n) is 3.61. The number of rotatable bonds is 2. The van der Waals surface area contributed by atoms with Crippen LogP contribution in [-0.4, -0.2) is 34.1 Å². The molecule has 2 aromatic rings. The lowest BCUT2D eigenvalue weighted by molar-refractivity contribution is 0.475. The van der Waals surface area contributed by atoms with Crippen molar-refractivity contribution >= 4 is 20.9 Å². The van der Waals surface area contributed by atoms with Gasteiger partial charge in [-0.15, -0.1) is 0 Å². The number of nitrogens with one attached hydrogen (secondary N) is 1. The van der Waals surface area contributed by atoms with Gasteiger partial charge in [0.15, 0.2) is 9.84 Å². The van der Waals surface area contributed by atoms with Crippen molar-refractivity contribution in [1.29, 1.82) is 0 Å². The van der Waals surface area contributed by atoms with Crippen LogP contribution in [0.4, 0.5) is 0 Å². The highest BCUT2D eigenvalue weighted by Gasteiger charge is 2.32. The number of hydrogen-bond acceptors (Lipinski definition) is 4. The molecule has 6 nitrogen and oxygen atoms in total. The van der Waals surface area contributed by atoms with Gasteiger partial charge in [-0.25, -0.2) is 13.2 Å². The lowest BCUT2D eigenvalue weighted by atomic mass is 10.2. The predicted molar refractivity (Wildman–Crippen MR) is 71.0 cm³/mol. The van der Waals surface area contributed by atoms with E-state index in [1.165, 1.54) is 16.7 Å². The Morgan fingerprint density at radius 1 is 1.42 bits per heavy atom. The van der Waals surface area contributed by atoms with Crippen LogP contribution in [0.25, 0.3) is 11.0 Å². The molecular formula is C12H14N2O4S. The summed E-state index contributed by atoms with van der Waals surface area (Å²) in [5.41, 5.74) is 0.785. The van der Waals surface area contributed by atoms with Gasteiger partial charge >= 0.3 is 5.69 Å². The number of nitrogens with zero attached hydrogens (tertiary/aromatic N) is 1. The van der Waals surface area contributed by atoms with Gasteiger partial charge < -0.3 is 10.1 Å². The van der Waals surface area contributed by atoms with Crippen LogP contribution >= 0.6 is 0 Å². The van der Waals surface area contributed by atoms with Crippen LogP contribution in [0.1, 0.15) is 12.8 Å². The van der Waals surface area contributed by atoms with Crippen molar-refractivity contribution in [2.45, 2.75) is 24.6 Å². The average Bonchev–Trinajstić information content (AvgIpc) is 2.82. The van der Waals surface area contributed by atoms with Gasteiger partial charge in [-0.2, -0.15) is 0 Å². The Morgan fingerprint density at radius 2 is 2.21 bits per heavy atom. The maximum Gasteiger partial charge on any atom is 0.326 e. The number of sulfone groups is 1. The van der Waals surface area contributed by atoms with Gasteiger partial charge in [-0.3, -0.25) is 4.57 Å². The molecule has 2 N–H and O–H groups in total. The molecule has 0 radical (unpaired) electrons. The van der Waals surface area contributed by atoms with Crippen LogP contribution in [-0.2, 0) is 16.4 Å². The summed E-state index contributed by atoms with van der Waals surface area (Å²) in [6.07, 6.45) is 1.23. The van der Waals surface area contributed by atoms with Crippen LogP contribution in [0.3, 0.4) is 0 Å². The highest BCUT2D eigenvalue weighted by molar-refractivity contribution is 7.92. The zero-order valence-electron chi connectivity index (χ0n) is 10.2. The molecule has 1 aromatic carbocycles. The number of benzene rings is 1. The molecule has 2 heterocycles. The zero-order valence-corrected chi connectivity index (χ0v) is 11.0. The second-order valence-electron chi connectivity index (χ2n) is 4.87. The minimum absolute atomic E-state index is 0.0505. The van der Waals surface area contributed by atoms with Crippen molar-refractivity contribution in [2.24, 2.45) is 0 Å². The van der Waals surface area contributed by atoms with E-state index < -0.39 is 15.1 Å². The van der Waals surface area contributed by atoms with E-state index in [2.05, 4.69) is 4.98 Å². The van der Waals surface area contributed by atoms with E-state index in [-0.39, 0.29) is 23.7 Å². The molecule has 102 valence electrons. The molecular weight excluding hydrogens is 268 g/mol. The molecule has 1 fully saturated rings. The fourth-order valence-electron chi connectivity index (χ4n) is 2.59. The van der Waals surface area contributed by atoms with Gasteiger partial charge in [0, 0.05) is 12.6 Å². The first-order valence-corrected chi connectivity index (χ1v) is 7.82. The topological polar surface area (TPSA) is 92.2 Å². The fourth-order valence-corrected chi connectivity index (χ4v) is 4.39. The van der Waals surface area contributed by atoms with E-state index in [0.717, 1.165) is 0 Å². The summed E-state index contributed by atoms with van der Waals surface area (Å²) in [6, 6.07) is 4.55. The number of aromatic hydroxyl groups is 1. The maximum atomic E-state index is 11.9. The molecule has 1 unspecified atom stereocenters. The number of phenolic OH excluding ortho intramolecular Hbond substituents is 1. The van der Waals surface area contributed by atoms with E-state index in [0.29, 0.717) is 23.9 Å². The van der Waals surface area contributed by atoms with Crippen LogP contribution < -0.4 is 5.69 Å². The van der Waals surface area contributed by atoms with Crippen molar-refractivity contribution in [3.8, 4) is 5.75 Å². The molecule has 3 rings (SSSR count). The van der Waals surface area contributed by atoms with E-state index >= 15 is 0 Å². The molecule has 1 aliphatic rings. The quantitative estimate of drug-likeness (QED) is 0.844. The van der Waals surface area contributed by atoms with E-state index in [4.69, 9.17) is 0 Å². The van der Waals surface area contributed by atoms with Crippen molar-refractivity contribution in [1.82, 2.24) is 9.55 Å². The molecule has 1 atom stereocenters. The number of aromatic nitrogens is 2. The first kappa shape index (κ1) is 12.3. The van der Waals surface area contributed by atoms with Gasteiger partial charge in [-0.05, 0) is 25.0 Å². The Balaban J connectivity index is 2.08. The van der Waals surface area contributed by atoms with E-state index in [1.807, 2.05) is 0 Å². The number of phenols is 1. The normalized spacial score (nSPS) is 22.0. The summed E-state index contributed by atoms with van der Waals surface area (Å²) in [7, 11) is -3.09. The minimum atomic E-state index is -3.09. The zero-order chi connectivity index (χ0) is 13.6. The Kier molecular flexibility index (Phi) is 2.67. The second kappa shape index (κ2) is 4.12. The summed E-state index contributed by atoms with van der Waals surface area (Å²) >= 11 is 0. The molecule has 0 saturated carbocycles. The van der Waals surface area contributed by atoms with Gasteiger partial charge in [0.2, 0.25) is 0 Å². The molecule has 0 aliphatic carbocycles. The summed E-state index contributed by atoms with van der Waals surface area (Å²) in [6.45, 7) is 0.143. The molecule has 1 aliphatic heterocycles. The lowest BCUT2D eigenvalue weighted by Crippen LogP contribution is -2.27. The van der Waals surface area contributed by atoms with Crippen molar-refractivity contribution in [3.05, 3.63) is 28.7 Å². The smallest absolute Gasteiger partial charge is 0.326 e. The van der Waals surface area contributed by atoms with Crippen molar-refractivity contribution in [2.75, 3.05) is 5.75 Å². The molecule has 0 bridgehead atoms. The number of hydrogen-bond donors (Lipinski definition) is 2. The van der Waals surface area contributed by atoms with Gasteiger partial charge in [-0.1, -0.05) is 0 Å². The highest BCUT2D eigenvalue weighted by Crippen LogP contribution is 2.23. The molecule has 0 amide bonds. The number of aromatic amines is 1. The molecule has 19 heavy (non-hydrogen) atoms. The number of imidazole rings is 1. The molecule has 1 saturated heterocycles. The monoisotopic (exact) mass is 282 g/mol. The van der Waals surface area contributed by atoms with Crippen LogP contribution in [0.2, 0.25) is 0 Å². The first-order valence-electron chi connectivity index (χ1n) is 6.10. The third-order valence-corrected chi connectivity index (χ3v) is 5.87. The highest BCUT2D eigenvalue weighted by atomic mass is 32.2. The number of H-pyrrole nitrogens is 1. The summed E-state index contributed by atoms with van der Waals surface area (Å²) < 4.78 is 25.0. The van der Waals surface area contributed by atoms with Gasteiger partial charge in [0.05, 0.1) is 22.0 Å². The van der Waals surface area contributed by atoms with Crippen LogP contribution in [0, 0.1) is 0 Å². The second-order valence-corrected chi connectivity index (χ2v) is 7.27. The molecule has 1 aromatic heterocycles. The maximum absolute atomic E-state index is 11.9. The Labute approximate surface area is 109 Å². The molecule has 0 spiro atoms. The Hall–Kier alpha value is -1.76. The molecule has 7 heteroatoms. The third kappa shape index (κ3) is 2.03. The first-order chi connectivity index (χ1) is 8.97. The summed E-state index contributed by atoms with van der Waals surface area (Å²) in [4.78, 5) is 14.5. The number of fused-ring (bicyclic) bond motifs is 1. The van der Waals surface area contributed by atoms with Crippen LogP contribution in [0.5, 0.6) is 5.75 Å². The predicted octanol–water partition coefficient (Wildman–Crippen LogP) is 0.612. The lowest BCUT2D eigenvalue weighted by Gasteiger charge is -2.10. The van der Waals surface area contributed by atoms with E-state index in [1.54, 1.807) is 6.07 Å². The SMILES string of the molecule is O=c1[nH]c2ccc(O)cc2n1CC1CCCS1(=O)=O. The summed E-state index contributed by atoms with van der Waals surface area (Å²) in [5.74, 6) is 0.245. The van der Waals surface area contributed by atoms with Crippen molar-refractivity contribution < 1.29 is 13.5 Å². The van der Waals surface area contributed by atoms with Gasteiger partial charge in [0.25, 0.3) is 0 Å². The largest absolute Gasteiger partial charge is 0.508 e. The fraction of sp³-hybridized carbons (Fsp3) is 0.417. The Morgan fingerprint density at radius 3 is 2.89 bits per heavy atom. The minimum Gasteiger partial charge on any atom is -0.508 e. The van der Waals surface area contributed by atoms with Crippen molar-refractivity contribution in [3.63, 3.8) is 0 Å².